The lowest BCUT2D eigenvalue weighted by atomic mass is 9.96. The first-order valence-electron chi connectivity index (χ1n) is 10.4. The summed E-state index contributed by atoms with van der Waals surface area (Å²) in [4.78, 5) is 18.3. The molecule has 0 saturated carbocycles. The average Bonchev–Trinajstić information content (AvgIpc) is 2.68. The van der Waals surface area contributed by atoms with E-state index in [0.717, 1.165) is 82.4 Å². The van der Waals surface area contributed by atoms with Gasteiger partial charge in [0.1, 0.15) is 0 Å². The van der Waals surface area contributed by atoms with E-state index in [1.165, 1.54) is 5.56 Å². The Morgan fingerprint density at radius 1 is 1.29 bits per heavy atom. The summed E-state index contributed by atoms with van der Waals surface area (Å²) < 4.78 is 0. The van der Waals surface area contributed by atoms with Crippen molar-refractivity contribution in [3.63, 3.8) is 0 Å². The second kappa shape index (κ2) is 12.6. The first-order chi connectivity index (χ1) is 13.6. The van der Waals surface area contributed by atoms with E-state index in [4.69, 9.17) is 17.3 Å². The first kappa shape index (κ1) is 22.5. The van der Waals surface area contributed by atoms with Crippen LogP contribution in [0, 0.1) is 5.92 Å². The molecule has 7 heteroatoms. The van der Waals surface area contributed by atoms with Crippen molar-refractivity contribution in [2.75, 3.05) is 39.3 Å². The van der Waals surface area contributed by atoms with Gasteiger partial charge in [0, 0.05) is 30.6 Å². The quantitative estimate of drug-likeness (QED) is 0.316. The summed E-state index contributed by atoms with van der Waals surface area (Å²) in [5.74, 6) is 0.793. The number of benzene rings is 1. The van der Waals surface area contributed by atoms with Gasteiger partial charge in [-0.3, -0.25) is 9.79 Å². The molecule has 1 aromatic rings. The number of hydrogen-bond donors (Lipinski definition) is 3. The summed E-state index contributed by atoms with van der Waals surface area (Å²) in [6.07, 6.45) is 4.88. The van der Waals surface area contributed by atoms with Gasteiger partial charge in [0.05, 0.1) is 0 Å². The normalized spacial score (nSPS) is 16.1. The number of nitrogens with zero attached hydrogens (tertiary/aromatic N) is 2. The van der Waals surface area contributed by atoms with Gasteiger partial charge in [-0.15, -0.1) is 0 Å². The highest BCUT2D eigenvalue weighted by Gasteiger charge is 2.22. The van der Waals surface area contributed by atoms with Crippen molar-refractivity contribution in [3.8, 4) is 0 Å². The molecule has 1 fully saturated rings. The summed E-state index contributed by atoms with van der Waals surface area (Å²) in [5, 5.41) is 7.46. The summed E-state index contributed by atoms with van der Waals surface area (Å²) in [6, 6.07) is 7.96. The number of nitrogens with two attached hydrogens (primary N) is 1. The highest BCUT2D eigenvalue weighted by Crippen LogP contribution is 2.16. The number of nitrogens with one attached hydrogen (secondary N) is 2. The van der Waals surface area contributed by atoms with Crippen molar-refractivity contribution >= 4 is 23.5 Å². The van der Waals surface area contributed by atoms with Crippen LogP contribution < -0.4 is 16.4 Å². The fourth-order valence-corrected chi connectivity index (χ4v) is 3.65. The molecule has 1 heterocycles. The summed E-state index contributed by atoms with van der Waals surface area (Å²) in [7, 11) is 0. The predicted octanol–water partition coefficient (Wildman–Crippen LogP) is 2.42. The van der Waals surface area contributed by atoms with Crippen LogP contribution in [0.25, 0.3) is 0 Å². The molecule has 6 nitrogen and oxygen atoms in total. The molecule has 1 amide bonds. The molecule has 1 saturated heterocycles. The number of unbranched alkanes of at least 4 members (excludes halogenated alkanes) is 1. The number of hydrogen-bond acceptors (Lipinski definition) is 3. The van der Waals surface area contributed by atoms with Crippen LogP contribution in [0.5, 0.6) is 0 Å². The smallest absolute Gasteiger partial charge is 0.220 e. The fourth-order valence-electron chi connectivity index (χ4n) is 3.44. The zero-order valence-corrected chi connectivity index (χ0v) is 17.7. The van der Waals surface area contributed by atoms with Gasteiger partial charge in [-0.2, -0.15) is 0 Å². The Kier molecular flexibility index (Phi) is 10.1. The first-order valence-corrected chi connectivity index (χ1v) is 10.7. The number of carbonyl (C=O) groups excluding carboxylic acids is 1. The number of piperidine rings is 1. The largest absolute Gasteiger partial charge is 0.369 e. The predicted molar refractivity (Wildman–Crippen MR) is 117 cm³/mol. The Labute approximate surface area is 173 Å². The van der Waals surface area contributed by atoms with Gasteiger partial charge in [0.15, 0.2) is 5.96 Å². The third-order valence-electron chi connectivity index (χ3n) is 5.08. The number of amides is 1. The van der Waals surface area contributed by atoms with E-state index in [2.05, 4.69) is 33.5 Å². The molecule has 28 heavy (non-hydrogen) atoms. The maximum atomic E-state index is 11.2. The number of aliphatic imine (C=N–C) groups is 1. The molecule has 0 spiro atoms. The molecule has 4 N–H and O–H groups in total. The van der Waals surface area contributed by atoms with Crippen LogP contribution >= 0.6 is 11.6 Å². The van der Waals surface area contributed by atoms with Gasteiger partial charge < -0.3 is 21.3 Å². The summed E-state index contributed by atoms with van der Waals surface area (Å²) in [5.41, 5.74) is 6.61. The molecule has 0 bridgehead atoms. The van der Waals surface area contributed by atoms with Crippen LogP contribution in [-0.2, 0) is 11.2 Å². The van der Waals surface area contributed by atoms with E-state index in [9.17, 15) is 4.79 Å². The van der Waals surface area contributed by atoms with E-state index in [0.29, 0.717) is 0 Å². The van der Waals surface area contributed by atoms with Gasteiger partial charge in [-0.05, 0) is 76.4 Å². The van der Waals surface area contributed by atoms with Crippen molar-refractivity contribution in [2.45, 2.75) is 39.0 Å². The monoisotopic (exact) mass is 407 g/mol. The summed E-state index contributed by atoms with van der Waals surface area (Å²) in [6.45, 7) is 7.57. The Bertz CT molecular complexity index is 629. The molecule has 0 unspecified atom stereocenters. The lowest BCUT2D eigenvalue weighted by Crippen LogP contribution is -2.39. The minimum Gasteiger partial charge on any atom is -0.369 e. The number of rotatable bonds is 10. The van der Waals surface area contributed by atoms with E-state index in [1.54, 1.807) is 0 Å². The van der Waals surface area contributed by atoms with Crippen LogP contribution in [0.15, 0.2) is 29.3 Å². The zero-order chi connectivity index (χ0) is 20.2. The molecular formula is C21H34ClN5O. The molecule has 0 atom stereocenters. The molecule has 1 aromatic carbocycles. The minimum atomic E-state index is -0.146. The fraction of sp³-hybridized carbons (Fsp3) is 0.619. The van der Waals surface area contributed by atoms with Crippen molar-refractivity contribution in [2.24, 2.45) is 16.6 Å². The Morgan fingerprint density at radius 3 is 2.75 bits per heavy atom. The second-order valence-corrected chi connectivity index (χ2v) is 7.73. The average molecular weight is 408 g/mol. The van der Waals surface area contributed by atoms with Crippen molar-refractivity contribution in [1.82, 2.24) is 15.5 Å². The SMILES string of the molecule is CCNC(=NCCCCN1CCC(C(N)=O)CC1)NCCc1cccc(Cl)c1. The topological polar surface area (TPSA) is 82.8 Å². The lowest BCUT2D eigenvalue weighted by molar-refractivity contribution is -0.123. The van der Waals surface area contributed by atoms with Gasteiger partial charge >= 0.3 is 0 Å². The number of guanidine groups is 1. The highest BCUT2D eigenvalue weighted by atomic mass is 35.5. The minimum absolute atomic E-state index is 0.0708. The Balaban J connectivity index is 1.62. The third-order valence-corrected chi connectivity index (χ3v) is 5.32. The van der Waals surface area contributed by atoms with Gasteiger partial charge in [0.25, 0.3) is 0 Å². The van der Waals surface area contributed by atoms with Crippen molar-refractivity contribution < 1.29 is 4.79 Å². The van der Waals surface area contributed by atoms with Crippen LogP contribution in [-0.4, -0.2) is 56.0 Å². The Hall–Kier alpha value is -1.79. The zero-order valence-electron chi connectivity index (χ0n) is 16.9. The number of carbonyl (C=O) groups is 1. The molecule has 1 aliphatic rings. The van der Waals surface area contributed by atoms with Gasteiger partial charge in [-0.1, -0.05) is 23.7 Å². The highest BCUT2D eigenvalue weighted by molar-refractivity contribution is 6.30. The van der Waals surface area contributed by atoms with Crippen LogP contribution in [0.2, 0.25) is 5.02 Å². The molecular weight excluding hydrogens is 374 g/mol. The van der Waals surface area contributed by atoms with Crippen molar-refractivity contribution in [1.29, 1.82) is 0 Å². The maximum absolute atomic E-state index is 11.2. The number of likely N-dealkylation sites (tertiary alicyclic amines) is 1. The van der Waals surface area contributed by atoms with E-state index in [-0.39, 0.29) is 11.8 Å². The van der Waals surface area contributed by atoms with E-state index in [1.807, 2.05) is 18.2 Å². The maximum Gasteiger partial charge on any atom is 0.220 e. The van der Waals surface area contributed by atoms with Gasteiger partial charge in [0.2, 0.25) is 5.91 Å². The third kappa shape index (κ3) is 8.48. The molecule has 0 radical (unpaired) electrons. The van der Waals surface area contributed by atoms with Crippen molar-refractivity contribution in [3.05, 3.63) is 34.9 Å². The Morgan fingerprint density at radius 2 is 2.07 bits per heavy atom. The lowest BCUT2D eigenvalue weighted by Gasteiger charge is -2.30. The molecule has 0 aliphatic carbocycles. The standard InChI is InChI=1S/C21H34ClN5O/c1-2-24-21(26-12-8-17-6-5-7-19(22)16-17)25-11-3-4-13-27-14-9-18(10-15-27)20(23)28/h5-7,16,18H,2-4,8-15H2,1H3,(H2,23,28)(H2,24,25,26). The van der Waals surface area contributed by atoms with Crippen LogP contribution in [0.1, 0.15) is 38.2 Å². The van der Waals surface area contributed by atoms with E-state index < -0.39 is 0 Å². The molecule has 1 aliphatic heterocycles. The summed E-state index contributed by atoms with van der Waals surface area (Å²) >= 11 is 6.03. The molecule has 2 rings (SSSR count). The molecule has 156 valence electrons. The second-order valence-electron chi connectivity index (χ2n) is 7.29. The van der Waals surface area contributed by atoms with Crippen LogP contribution in [0.4, 0.5) is 0 Å². The number of primary amides is 1. The van der Waals surface area contributed by atoms with E-state index >= 15 is 0 Å². The van der Waals surface area contributed by atoms with Crippen LogP contribution in [0.3, 0.4) is 0 Å². The number of halogens is 1. The van der Waals surface area contributed by atoms with Gasteiger partial charge in [-0.25, -0.2) is 0 Å². The molecule has 0 aromatic heterocycles.